The van der Waals surface area contributed by atoms with Crippen LogP contribution < -0.4 is 5.32 Å². The average Bonchev–Trinajstić information content (AvgIpc) is 2.94. The minimum Gasteiger partial charge on any atom is -0.295 e. The van der Waals surface area contributed by atoms with Crippen molar-refractivity contribution in [3.05, 3.63) is 34.6 Å². The SMILES string of the molecule is C=CCSc1ncc(Cl)c(C(=O)Nc2nnc(CC)s2)n1. The van der Waals surface area contributed by atoms with E-state index in [9.17, 15) is 4.79 Å². The Morgan fingerprint density at radius 2 is 2.38 bits per heavy atom. The van der Waals surface area contributed by atoms with Gasteiger partial charge in [0.25, 0.3) is 5.91 Å². The third-order valence-corrected chi connectivity index (χ3v) is 4.37. The number of halogens is 1. The first-order valence-electron chi connectivity index (χ1n) is 6.04. The summed E-state index contributed by atoms with van der Waals surface area (Å²) in [5, 5.41) is 12.4. The Labute approximate surface area is 135 Å². The third kappa shape index (κ3) is 4.23. The third-order valence-electron chi connectivity index (χ3n) is 2.26. The van der Waals surface area contributed by atoms with Gasteiger partial charge < -0.3 is 0 Å². The molecule has 0 aliphatic carbocycles. The zero-order chi connectivity index (χ0) is 15.2. The normalized spacial score (nSPS) is 10.4. The largest absolute Gasteiger partial charge is 0.295 e. The van der Waals surface area contributed by atoms with E-state index in [1.54, 1.807) is 6.08 Å². The summed E-state index contributed by atoms with van der Waals surface area (Å²) in [5.41, 5.74) is 0.117. The van der Waals surface area contributed by atoms with Crippen molar-refractivity contribution in [1.29, 1.82) is 0 Å². The number of nitrogens with one attached hydrogen (secondary N) is 1. The number of amides is 1. The van der Waals surface area contributed by atoms with Crippen molar-refractivity contribution in [3.8, 4) is 0 Å². The van der Waals surface area contributed by atoms with E-state index in [1.807, 2.05) is 6.92 Å². The molecule has 0 fully saturated rings. The standard InChI is InChI=1S/C12H12ClN5OS2/c1-3-5-20-11-14-6-7(13)9(15-11)10(19)16-12-18-17-8(4-2)21-12/h3,6H,1,4-5H2,2H3,(H,16,18,19). The second kappa shape index (κ2) is 7.48. The van der Waals surface area contributed by atoms with Crippen LogP contribution in [-0.2, 0) is 6.42 Å². The molecule has 0 unspecified atom stereocenters. The number of thioether (sulfide) groups is 1. The van der Waals surface area contributed by atoms with E-state index in [0.29, 0.717) is 16.0 Å². The highest BCUT2D eigenvalue weighted by Gasteiger charge is 2.16. The molecule has 2 rings (SSSR count). The number of carbonyl (C=O) groups is 1. The predicted octanol–water partition coefficient (Wildman–Crippen LogP) is 3.07. The van der Waals surface area contributed by atoms with Gasteiger partial charge in [-0.1, -0.05) is 47.7 Å². The number of rotatable bonds is 6. The number of hydrogen-bond acceptors (Lipinski definition) is 7. The van der Waals surface area contributed by atoms with E-state index in [2.05, 4.69) is 32.1 Å². The number of aryl methyl sites for hydroxylation is 1. The highest BCUT2D eigenvalue weighted by Crippen LogP contribution is 2.21. The zero-order valence-electron chi connectivity index (χ0n) is 11.2. The van der Waals surface area contributed by atoms with Gasteiger partial charge in [0.1, 0.15) is 5.01 Å². The predicted molar refractivity (Wildman–Crippen MR) is 85.2 cm³/mol. The van der Waals surface area contributed by atoms with Crippen LogP contribution in [0.15, 0.2) is 24.0 Å². The quantitative estimate of drug-likeness (QED) is 0.494. The van der Waals surface area contributed by atoms with Gasteiger partial charge in [0.15, 0.2) is 10.9 Å². The molecule has 1 N–H and O–H groups in total. The van der Waals surface area contributed by atoms with Crippen molar-refractivity contribution in [2.24, 2.45) is 0 Å². The van der Waals surface area contributed by atoms with Crippen molar-refractivity contribution in [3.63, 3.8) is 0 Å². The summed E-state index contributed by atoms with van der Waals surface area (Å²) in [6.07, 6.45) is 3.91. The highest BCUT2D eigenvalue weighted by atomic mass is 35.5. The van der Waals surface area contributed by atoms with E-state index in [-0.39, 0.29) is 10.7 Å². The molecule has 0 radical (unpaired) electrons. The minimum absolute atomic E-state index is 0.117. The maximum Gasteiger partial charge on any atom is 0.277 e. The smallest absolute Gasteiger partial charge is 0.277 e. The van der Waals surface area contributed by atoms with Crippen LogP contribution in [0, 0.1) is 0 Å². The number of carbonyl (C=O) groups excluding carboxylic acids is 1. The van der Waals surface area contributed by atoms with Crippen LogP contribution in [0.25, 0.3) is 0 Å². The van der Waals surface area contributed by atoms with Gasteiger partial charge in [-0.25, -0.2) is 9.97 Å². The molecule has 0 saturated carbocycles. The number of nitrogens with zero attached hydrogens (tertiary/aromatic N) is 4. The van der Waals surface area contributed by atoms with Gasteiger partial charge in [-0.15, -0.1) is 16.8 Å². The molecule has 0 aliphatic rings. The molecule has 110 valence electrons. The molecule has 0 spiro atoms. The summed E-state index contributed by atoms with van der Waals surface area (Å²) in [4.78, 5) is 20.4. The molecule has 0 aromatic carbocycles. The van der Waals surface area contributed by atoms with Gasteiger partial charge in [-0.3, -0.25) is 10.1 Å². The fourth-order valence-corrected chi connectivity index (χ4v) is 2.72. The van der Waals surface area contributed by atoms with Crippen molar-refractivity contribution in [1.82, 2.24) is 20.2 Å². The van der Waals surface area contributed by atoms with Gasteiger partial charge >= 0.3 is 0 Å². The highest BCUT2D eigenvalue weighted by molar-refractivity contribution is 7.99. The topological polar surface area (TPSA) is 80.7 Å². The lowest BCUT2D eigenvalue weighted by molar-refractivity contribution is 0.102. The number of hydrogen-bond donors (Lipinski definition) is 1. The molecule has 0 bridgehead atoms. The van der Waals surface area contributed by atoms with Crippen LogP contribution in [-0.4, -0.2) is 31.8 Å². The van der Waals surface area contributed by atoms with Crippen LogP contribution in [0.2, 0.25) is 5.02 Å². The number of aromatic nitrogens is 4. The molecule has 6 nitrogen and oxygen atoms in total. The molecule has 0 aliphatic heterocycles. The molecule has 1 amide bonds. The van der Waals surface area contributed by atoms with E-state index in [0.717, 1.165) is 11.4 Å². The minimum atomic E-state index is -0.429. The lowest BCUT2D eigenvalue weighted by Gasteiger charge is -2.04. The lowest BCUT2D eigenvalue weighted by atomic mass is 10.4. The molecule has 0 atom stereocenters. The molecule has 2 aromatic heterocycles. The summed E-state index contributed by atoms with van der Waals surface area (Å²) < 4.78 is 0. The van der Waals surface area contributed by atoms with E-state index < -0.39 is 5.91 Å². The number of anilines is 1. The summed E-state index contributed by atoms with van der Waals surface area (Å²) in [5.74, 6) is 0.223. The van der Waals surface area contributed by atoms with Crippen molar-refractivity contribution >= 4 is 45.7 Å². The van der Waals surface area contributed by atoms with Gasteiger partial charge in [-0.2, -0.15) is 0 Å². The zero-order valence-corrected chi connectivity index (χ0v) is 13.6. The van der Waals surface area contributed by atoms with Crippen molar-refractivity contribution in [2.45, 2.75) is 18.5 Å². The second-order valence-corrected chi connectivity index (χ2v) is 6.21. The van der Waals surface area contributed by atoms with Crippen LogP contribution in [0.5, 0.6) is 0 Å². The fraction of sp³-hybridized carbons (Fsp3) is 0.250. The van der Waals surface area contributed by atoms with Crippen molar-refractivity contribution in [2.75, 3.05) is 11.1 Å². The molecule has 2 aromatic rings. The Bertz CT molecular complexity index is 661. The molecule has 9 heteroatoms. The fourth-order valence-electron chi connectivity index (χ4n) is 1.32. The van der Waals surface area contributed by atoms with Crippen LogP contribution >= 0.6 is 34.7 Å². The summed E-state index contributed by atoms with van der Waals surface area (Å²) in [6.45, 7) is 5.59. The summed E-state index contributed by atoms with van der Waals surface area (Å²) in [7, 11) is 0. The van der Waals surface area contributed by atoms with Gasteiger partial charge in [-0.05, 0) is 6.42 Å². The molecule has 2 heterocycles. The Morgan fingerprint density at radius 1 is 1.57 bits per heavy atom. The monoisotopic (exact) mass is 341 g/mol. The maximum atomic E-state index is 12.2. The molecular weight excluding hydrogens is 330 g/mol. The van der Waals surface area contributed by atoms with E-state index >= 15 is 0 Å². The Kier molecular flexibility index (Phi) is 5.66. The van der Waals surface area contributed by atoms with Crippen LogP contribution in [0.3, 0.4) is 0 Å². The molecule has 0 saturated heterocycles. The Morgan fingerprint density at radius 3 is 3.05 bits per heavy atom. The molecular formula is C12H12ClN5OS2. The second-order valence-electron chi connectivity index (χ2n) is 3.76. The summed E-state index contributed by atoms with van der Waals surface area (Å²) >= 11 is 8.67. The average molecular weight is 342 g/mol. The van der Waals surface area contributed by atoms with Crippen LogP contribution in [0.4, 0.5) is 5.13 Å². The Hall–Kier alpha value is -1.51. The first-order chi connectivity index (χ1) is 10.1. The van der Waals surface area contributed by atoms with E-state index in [4.69, 9.17) is 11.6 Å². The molecule has 21 heavy (non-hydrogen) atoms. The van der Waals surface area contributed by atoms with Gasteiger partial charge in [0.2, 0.25) is 5.13 Å². The summed E-state index contributed by atoms with van der Waals surface area (Å²) in [6, 6.07) is 0. The first-order valence-corrected chi connectivity index (χ1v) is 8.22. The maximum absolute atomic E-state index is 12.2. The van der Waals surface area contributed by atoms with Crippen molar-refractivity contribution < 1.29 is 4.79 Å². The van der Waals surface area contributed by atoms with E-state index in [1.165, 1.54) is 29.3 Å². The van der Waals surface area contributed by atoms with Gasteiger partial charge in [0, 0.05) is 5.75 Å². The van der Waals surface area contributed by atoms with Gasteiger partial charge in [0.05, 0.1) is 11.2 Å². The van der Waals surface area contributed by atoms with Crippen LogP contribution in [0.1, 0.15) is 22.4 Å². The Balaban J connectivity index is 2.15. The first kappa shape index (κ1) is 15.9. The lowest BCUT2D eigenvalue weighted by Crippen LogP contribution is -2.15.